The van der Waals surface area contributed by atoms with E-state index < -0.39 is 12.1 Å². The molecule has 3 aromatic rings. The molecule has 184 valence electrons. The Balaban J connectivity index is 1.49. The number of rotatable bonds is 5. The van der Waals surface area contributed by atoms with Crippen molar-refractivity contribution in [2.24, 2.45) is 5.73 Å². The number of ether oxygens (including phenoxy) is 1. The van der Waals surface area contributed by atoms with E-state index in [-0.39, 0.29) is 11.9 Å². The molecule has 5 heterocycles. The number of piperidine rings is 1. The Morgan fingerprint density at radius 3 is 2.80 bits per heavy atom. The van der Waals surface area contributed by atoms with Gasteiger partial charge in [-0.05, 0) is 18.9 Å². The Hall–Kier alpha value is -3.25. The van der Waals surface area contributed by atoms with Crippen molar-refractivity contribution in [3.63, 3.8) is 0 Å². The predicted molar refractivity (Wildman–Crippen MR) is 132 cm³/mol. The molecular formula is C23H26FN7O3S. The second-order valence-corrected chi connectivity index (χ2v) is 9.80. The number of nitrogens with two attached hydrogens (primary N) is 1. The molecule has 2 saturated heterocycles. The number of oxazole rings is 1. The average molecular weight is 500 g/mol. The molecule has 0 spiro atoms. The first kappa shape index (κ1) is 22.2. The lowest BCUT2D eigenvalue weighted by Crippen LogP contribution is -2.38. The number of carbonyl (C=O) groups is 1. The molecule has 3 aliphatic rings. The summed E-state index contributed by atoms with van der Waals surface area (Å²) >= 11 is 1.47. The number of hydrogen-bond acceptors (Lipinski definition) is 9. The minimum Gasteiger partial charge on any atom is -0.423 e. The minimum atomic E-state index is -0.919. The van der Waals surface area contributed by atoms with E-state index in [1.54, 1.807) is 17.8 Å². The van der Waals surface area contributed by atoms with Crippen molar-refractivity contribution in [1.82, 2.24) is 15.2 Å². The molecule has 0 aliphatic carbocycles. The lowest BCUT2D eigenvalue weighted by molar-refractivity contribution is -0.114. The number of hydrogen-bond donors (Lipinski definition) is 2. The van der Waals surface area contributed by atoms with Gasteiger partial charge in [0, 0.05) is 49.4 Å². The van der Waals surface area contributed by atoms with Gasteiger partial charge in [0.05, 0.1) is 30.8 Å². The van der Waals surface area contributed by atoms with Crippen molar-refractivity contribution in [3.8, 4) is 0 Å². The molecule has 6 rings (SSSR count). The SMILES string of the molecule is NC(=O)C1=CSC(c2cn[nH]c2)N1c1cc2oc(N3CCOCC3)nc2cc1N1CCCC(F)C1. The van der Waals surface area contributed by atoms with Crippen LogP contribution in [-0.2, 0) is 9.53 Å². The molecule has 2 fully saturated rings. The molecule has 0 radical (unpaired) electrons. The van der Waals surface area contributed by atoms with Gasteiger partial charge in [-0.25, -0.2) is 4.39 Å². The number of amides is 1. The van der Waals surface area contributed by atoms with Crippen LogP contribution < -0.4 is 20.4 Å². The van der Waals surface area contributed by atoms with E-state index in [9.17, 15) is 9.18 Å². The smallest absolute Gasteiger partial charge is 0.298 e. The average Bonchev–Trinajstić information content (AvgIpc) is 3.62. The van der Waals surface area contributed by atoms with Crippen molar-refractivity contribution in [2.45, 2.75) is 24.4 Å². The molecule has 1 aromatic carbocycles. The number of alkyl halides is 1. The highest BCUT2D eigenvalue weighted by Gasteiger charge is 2.36. The number of aromatic amines is 1. The van der Waals surface area contributed by atoms with Crippen molar-refractivity contribution >= 4 is 46.2 Å². The number of carbonyl (C=O) groups excluding carboxylic acids is 1. The van der Waals surface area contributed by atoms with E-state index in [0.717, 1.165) is 23.4 Å². The van der Waals surface area contributed by atoms with Crippen molar-refractivity contribution in [2.75, 3.05) is 54.1 Å². The number of nitrogens with zero attached hydrogens (tertiary/aromatic N) is 5. The van der Waals surface area contributed by atoms with Crippen LogP contribution in [0.15, 0.2) is 40.0 Å². The number of halogens is 1. The third-order valence-corrected chi connectivity index (χ3v) is 7.68. The number of nitrogens with one attached hydrogen (secondary N) is 1. The quantitative estimate of drug-likeness (QED) is 0.546. The molecule has 12 heteroatoms. The van der Waals surface area contributed by atoms with Crippen LogP contribution in [0, 0.1) is 0 Å². The fraction of sp³-hybridized carbons (Fsp3) is 0.435. The minimum absolute atomic E-state index is 0.264. The Morgan fingerprint density at radius 1 is 1.20 bits per heavy atom. The highest BCUT2D eigenvalue weighted by atomic mass is 32.2. The van der Waals surface area contributed by atoms with Crippen molar-refractivity contribution < 1.29 is 18.3 Å². The summed E-state index contributed by atoms with van der Waals surface area (Å²) in [6.07, 6.45) is 3.89. The molecule has 0 saturated carbocycles. The summed E-state index contributed by atoms with van der Waals surface area (Å²) in [5.74, 6) is -0.539. The Labute approximate surface area is 205 Å². The van der Waals surface area contributed by atoms with Crippen LogP contribution in [0.25, 0.3) is 11.1 Å². The normalized spacial score (nSPS) is 23.2. The van der Waals surface area contributed by atoms with Crippen LogP contribution in [0.3, 0.4) is 0 Å². The summed E-state index contributed by atoms with van der Waals surface area (Å²) in [6.45, 7) is 3.61. The zero-order valence-corrected chi connectivity index (χ0v) is 19.8. The van der Waals surface area contributed by atoms with Crippen LogP contribution in [0.5, 0.6) is 0 Å². The maximum absolute atomic E-state index is 14.5. The summed E-state index contributed by atoms with van der Waals surface area (Å²) in [7, 11) is 0. The number of morpholine rings is 1. The Bertz CT molecular complexity index is 1260. The third-order valence-electron chi connectivity index (χ3n) is 6.58. The van der Waals surface area contributed by atoms with Gasteiger partial charge in [0.2, 0.25) is 0 Å². The number of H-pyrrole nitrogens is 1. The molecule has 10 nitrogen and oxygen atoms in total. The van der Waals surface area contributed by atoms with Gasteiger partial charge in [0.25, 0.3) is 11.9 Å². The standard InChI is InChI=1S/C23H26FN7O3S/c24-15-2-1-3-30(12-15)17-8-16-20(34-23(28-16)29-4-6-33-7-5-29)9-18(17)31-19(21(25)32)13-35-22(31)14-10-26-27-11-14/h8-11,13,15,22H,1-7,12H2,(H2,25,32)(H,26,27). The summed E-state index contributed by atoms with van der Waals surface area (Å²) in [6, 6.07) is 4.35. The second-order valence-electron chi connectivity index (χ2n) is 8.85. The van der Waals surface area contributed by atoms with E-state index in [1.807, 2.05) is 21.9 Å². The van der Waals surface area contributed by atoms with Gasteiger partial charge in [-0.2, -0.15) is 10.1 Å². The zero-order valence-electron chi connectivity index (χ0n) is 19.0. The summed E-state index contributed by atoms with van der Waals surface area (Å²) < 4.78 is 26.1. The molecule has 35 heavy (non-hydrogen) atoms. The number of aromatic nitrogens is 3. The van der Waals surface area contributed by atoms with Gasteiger partial charge in [0.15, 0.2) is 5.58 Å². The predicted octanol–water partition coefficient (Wildman–Crippen LogP) is 2.90. The second kappa shape index (κ2) is 9.08. The van der Waals surface area contributed by atoms with E-state index in [2.05, 4.69) is 15.1 Å². The maximum Gasteiger partial charge on any atom is 0.298 e. The molecule has 2 aromatic heterocycles. The first-order valence-electron chi connectivity index (χ1n) is 11.7. The Kier molecular flexibility index (Phi) is 5.77. The summed E-state index contributed by atoms with van der Waals surface area (Å²) in [5, 5.41) is 8.43. The van der Waals surface area contributed by atoms with Crippen LogP contribution in [0.1, 0.15) is 23.8 Å². The molecule has 0 bridgehead atoms. The van der Waals surface area contributed by atoms with Crippen LogP contribution >= 0.6 is 11.8 Å². The first-order valence-corrected chi connectivity index (χ1v) is 12.6. The van der Waals surface area contributed by atoms with E-state index in [1.165, 1.54) is 11.8 Å². The van der Waals surface area contributed by atoms with Gasteiger partial charge in [-0.15, -0.1) is 11.8 Å². The molecule has 3 aliphatic heterocycles. The van der Waals surface area contributed by atoms with E-state index >= 15 is 0 Å². The molecular weight excluding hydrogens is 473 g/mol. The van der Waals surface area contributed by atoms with Crippen molar-refractivity contribution in [3.05, 3.63) is 41.2 Å². The van der Waals surface area contributed by atoms with Gasteiger partial charge < -0.3 is 29.6 Å². The lowest BCUT2D eigenvalue weighted by Gasteiger charge is -2.36. The van der Waals surface area contributed by atoms with Crippen LogP contribution in [-0.4, -0.2) is 66.7 Å². The number of fused-ring (bicyclic) bond motifs is 1. The highest BCUT2D eigenvalue weighted by molar-refractivity contribution is 8.02. The van der Waals surface area contributed by atoms with Gasteiger partial charge >= 0.3 is 0 Å². The Morgan fingerprint density at radius 2 is 2.06 bits per heavy atom. The number of thioether (sulfide) groups is 1. The topological polar surface area (TPSA) is 117 Å². The van der Waals surface area contributed by atoms with Crippen LogP contribution in [0.4, 0.5) is 21.8 Å². The van der Waals surface area contributed by atoms with Crippen LogP contribution in [0.2, 0.25) is 0 Å². The largest absolute Gasteiger partial charge is 0.423 e. The molecule has 3 N–H and O–H groups in total. The summed E-state index contributed by atoms with van der Waals surface area (Å²) in [4.78, 5) is 23.2. The van der Waals surface area contributed by atoms with Gasteiger partial charge in [0.1, 0.15) is 22.8 Å². The van der Waals surface area contributed by atoms with Crippen molar-refractivity contribution in [1.29, 1.82) is 0 Å². The zero-order chi connectivity index (χ0) is 23.9. The van der Waals surface area contributed by atoms with E-state index in [0.29, 0.717) is 62.1 Å². The summed E-state index contributed by atoms with van der Waals surface area (Å²) in [5.41, 5.74) is 9.84. The number of benzene rings is 1. The molecule has 1 amide bonds. The first-order chi connectivity index (χ1) is 17.1. The maximum atomic E-state index is 14.5. The highest BCUT2D eigenvalue weighted by Crippen LogP contribution is 2.49. The van der Waals surface area contributed by atoms with Gasteiger partial charge in [-0.1, -0.05) is 0 Å². The monoisotopic (exact) mass is 499 g/mol. The molecule has 2 atom stereocenters. The molecule has 2 unspecified atom stereocenters. The number of anilines is 3. The number of primary amides is 1. The third kappa shape index (κ3) is 4.10. The van der Waals surface area contributed by atoms with E-state index in [4.69, 9.17) is 19.9 Å². The lowest BCUT2D eigenvalue weighted by atomic mass is 10.1. The fourth-order valence-electron chi connectivity index (χ4n) is 4.85. The fourth-order valence-corrected chi connectivity index (χ4v) is 5.97. The van der Waals surface area contributed by atoms with Gasteiger partial charge in [-0.3, -0.25) is 9.89 Å².